The number of benzene rings is 1. The second-order valence-electron chi connectivity index (χ2n) is 3.68. The quantitative estimate of drug-likeness (QED) is 0.748. The highest BCUT2D eigenvalue weighted by Gasteiger charge is 2.33. The molecule has 0 fully saturated rings. The number of ether oxygens (including phenoxy) is 1. The molecule has 1 unspecified atom stereocenters. The Morgan fingerprint density at radius 1 is 1.62 bits per heavy atom. The van der Waals surface area contributed by atoms with Crippen molar-refractivity contribution < 1.29 is 4.74 Å². The molecule has 1 aliphatic heterocycles. The number of halogens is 1. The van der Waals surface area contributed by atoms with Crippen LogP contribution in [-0.4, -0.2) is 12.1 Å². The molecule has 0 aromatic heterocycles. The fourth-order valence-electron chi connectivity index (χ4n) is 1.59. The van der Waals surface area contributed by atoms with E-state index in [1.54, 1.807) is 0 Å². The lowest BCUT2D eigenvalue weighted by Crippen LogP contribution is -2.38. The Hall–Kier alpha value is -0.730. The molecule has 0 amide bonds. The van der Waals surface area contributed by atoms with E-state index in [0.717, 1.165) is 12.2 Å². The van der Waals surface area contributed by atoms with Crippen LogP contribution >= 0.6 is 11.6 Å². The fourth-order valence-corrected chi connectivity index (χ4v) is 1.75. The second kappa shape index (κ2) is 2.89. The molecule has 3 heteroatoms. The molecule has 0 saturated carbocycles. The summed E-state index contributed by atoms with van der Waals surface area (Å²) in [4.78, 5) is 0. The monoisotopic (exact) mass is 197 g/mol. The van der Waals surface area contributed by atoms with Crippen molar-refractivity contribution in [1.29, 1.82) is 0 Å². The molecule has 13 heavy (non-hydrogen) atoms. The molecule has 0 bridgehead atoms. The zero-order chi connectivity index (χ0) is 9.47. The topological polar surface area (TPSA) is 35.2 Å². The van der Waals surface area contributed by atoms with Gasteiger partial charge in [-0.05, 0) is 24.6 Å². The average molecular weight is 198 g/mol. The van der Waals surface area contributed by atoms with Crippen molar-refractivity contribution in [3.8, 4) is 5.75 Å². The van der Waals surface area contributed by atoms with Gasteiger partial charge in [0, 0.05) is 18.0 Å². The molecule has 1 heterocycles. The van der Waals surface area contributed by atoms with E-state index in [1.165, 1.54) is 5.56 Å². The van der Waals surface area contributed by atoms with E-state index in [4.69, 9.17) is 22.1 Å². The minimum atomic E-state index is -0.243. The lowest BCUT2D eigenvalue weighted by atomic mass is 10.00. The molecule has 1 aliphatic rings. The predicted octanol–water partition coefficient (Wildman–Crippen LogP) is 1.99. The third-order valence-corrected chi connectivity index (χ3v) is 2.62. The molecule has 2 rings (SSSR count). The Morgan fingerprint density at radius 2 is 2.38 bits per heavy atom. The van der Waals surface area contributed by atoms with Gasteiger partial charge in [-0.1, -0.05) is 17.7 Å². The summed E-state index contributed by atoms with van der Waals surface area (Å²) >= 11 is 5.85. The largest absolute Gasteiger partial charge is 0.486 e. The summed E-state index contributed by atoms with van der Waals surface area (Å²) in [6.45, 7) is 2.54. The van der Waals surface area contributed by atoms with Gasteiger partial charge in [-0.15, -0.1) is 0 Å². The maximum Gasteiger partial charge on any atom is 0.125 e. The van der Waals surface area contributed by atoms with Crippen LogP contribution in [0, 0.1) is 0 Å². The van der Waals surface area contributed by atoms with E-state index in [0.29, 0.717) is 11.6 Å². The van der Waals surface area contributed by atoms with Gasteiger partial charge in [-0.2, -0.15) is 0 Å². The molecule has 70 valence electrons. The third kappa shape index (κ3) is 1.52. The molecule has 1 aromatic rings. The number of hydrogen-bond acceptors (Lipinski definition) is 2. The maximum absolute atomic E-state index is 5.85. The highest BCUT2D eigenvalue weighted by Crippen LogP contribution is 2.35. The molecule has 0 spiro atoms. The van der Waals surface area contributed by atoms with Gasteiger partial charge in [0.1, 0.15) is 11.4 Å². The van der Waals surface area contributed by atoms with Crippen molar-refractivity contribution >= 4 is 11.6 Å². The average Bonchev–Trinajstić information content (AvgIpc) is 2.42. The zero-order valence-electron chi connectivity index (χ0n) is 7.51. The molecule has 2 nitrogen and oxygen atoms in total. The summed E-state index contributed by atoms with van der Waals surface area (Å²) in [5.41, 5.74) is 6.58. The number of nitrogens with two attached hydrogens (primary N) is 1. The van der Waals surface area contributed by atoms with E-state index < -0.39 is 0 Å². The first-order chi connectivity index (χ1) is 6.13. The van der Waals surface area contributed by atoms with Crippen molar-refractivity contribution in [1.82, 2.24) is 0 Å². The Morgan fingerprint density at radius 3 is 3.08 bits per heavy atom. The molecule has 0 saturated heterocycles. The molecule has 1 atom stereocenters. The van der Waals surface area contributed by atoms with Crippen LogP contribution in [0.25, 0.3) is 0 Å². The van der Waals surface area contributed by atoms with Gasteiger partial charge >= 0.3 is 0 Å². The van der Waals surface area contributed by atoms with Gasteiger partial charge in [0.05, 0.1) is 0 Å². The minimum absolute atomic E-state index is 0.243. The Kier molecular flexibility index (Phi) is 1.97. The third-order valence-electron chi connectivity index (χ3n) is 2.38. The van der Waals surface area contributed by atoms with Crippen LogP contribution in [0.5, 0.6) is 5.75 Å². The summed E-state index contributed by atoms with van der Waals surface area (Å²) in [6.07, 6.45) is 0.871. The van der Waals surface area contributed by atoms with E-state index in [9.17, 15) is 0 Å². The molecule has 2 N–H and O–H groups in total. The lowest BCUT2D eigenvalue weighted by Gasteiger charge is -2.21. The summed E-state index contributed by atoms with van der Waals surface area (Å²) in [5, 5.41) is 0.708. The van der Waals surface area contributed by atoms with Gasteiger partial charge in [-0.3, -0.25) is 0 Å². The maximum atomic E-state index is 5.85. The van der Waals surface area contributed by atoms with Crippen LogP contribution in [0.2, 0.25) is 5.02 Å². The lowest BCUT2D eigenvalue weighted by molar-refractivity contribution is 0.126. The van der Waals surface area contributed by atoms with Crippen molar-refractivity contribution in [2.75, 3.05) is 6.54 Å². The van der Waals surface area contributed by atoms with Crippen molar-refractivity contribution in [2.45, 2.75) is 18.9 Å². The number of fused-ring (bicyclic) bond motifs is 1. The molecular weight excluding hydrogens is 186 g/mol. The van der Waals surface area contributed by atoms with E-state index in [1.807, 2.05) is 25.1 Å². The van der Waals surface area contributed by atoms with Crippen LogP contribution in [0.3, 0.4) is 0 Å². The molecular formula is C10H12ClNO. The van der Waals surface area contributed by atoms with Crippen LogP contribution in [-0.2, 0) is 6.42 Å². The van der Waals surface area contributed by atoms with Gasteiger partial charge in [0.15, 0.2) is 0 Å². The number of hydrogen-bond donors (Lipinski definition) is 1. The Balaban J connectivity index is 2.35. The molecule has 0 aliphatic carbocycles. The predicted molar refractivity (Wildman–Crippen MR) is 53.2 cm³/mol. The molecule has 1 aromatic carbocycles. The van der Waals surface area contributed by atoms with Crippen molar-refractivity contribution in [3.05, 3.63) is 28.8 Å². The fraction of sp³-hybridized carbons (Fsp3) is 0.400. The van der Waals surface area contributed by atoms with E-state index in [-0.39, 0.29) is 5.60 Å². The smallest absolute Gasteiger partial charge is 0.125 e. The second-order valence-corrected chi connectivity index (χ2v) is 4.12. The highest BCUT2D eigenvalue weighted by molar-refractivity contribution is 6.30. The van der Waals surface area contributed by atoms with Gasteiger partial charge in [0.25, 0.3) is 0 Å². The van der Waals surface area contributed by atoms with E-state index in [2.05, 4.69) is 0 Å². The van der Waals surface area contributed by atoms with Crippen molar-refractivity contribution in [3.63, 3.8) is 0 Å². The SMILES string of the molecule is CC1(CN)Cc2ccc(Cl)cc2O1. The Bertz CT molecular complexity index is 340. The summed E-state index contributed by atoms with van der Waals surface area (Å²) in [7, 11) is 0. The highest BCUT2D eigenvalue weighted by atomic mass is 35.5. The molecule has 0 radical (unpaired) electrons. The van der Waals surface area contributed by atoms with Crippen LogP contribution in [0.15, 0.2) is 18.2 Å². The zero-order valence-corrected chi connectivity index (χ0v) is 8.27. The van der Waals surface area contributed by atoms with Crippen LogP contribution < -0.4 is 10.5 Å². The van der Waals surface area contributed by atoms with E-state index >= 15 is 0 Å². The van der Waals surface area contributed by atoms with Crippen LogP contribution in [0.4, 0.5) is 0 Å². The van der Waals surface area contributed by atoms with Crippen molar-refractivity contribution in [2.24, 2.45) is 5.73 Å². The standard InChI is InChI=1S/C10H12ClNO/c1-10(6-12)5-7-2-3-8(11)4-9(7)13-10/h2-4H,5-6,12H2,1H3. The first kappa shape index (κ1) is 8.85. The summed E-state index contributed by atoms with van der Waals surface area (Å²) in [6, 6.07) is 5.72. The Labute approximate surface area is 82.6 Å². The minimum Gasteiger partial charge on any atom is -0.486 e. The van der Waals surface area contributed by atoms with Gasteiger partial charge in [0.2, 0.25) is 0 Å². The summed E-state index contributed by atoms with van der Waals surface area (Å²) in [5.74, 6) is 0.875. The summed E-state index contributed by atoms with van der Waals surface area (Å²) < 4.78 is 5.71. The van der Waals surface area contributed by atoms with Gasteiger partial charge < -0.3 is 10.5 Å². The van der Waals surface area contributed by atoms with Crippen LogP contribution in [0.1, 0.15) is 12.5 Å². The first-order valence-electron chi connectivity index (χ1n) is 4.30. The first-order valence-corrected chi connectivity index (χ1v) is 4.68. The normalized spacial score (nSPS) is 25.5. The number of rotatable bonds is 1. The van der Waals surface area contributed by atoms with Gasteiger partial charge in [-0.25, -0.2) is 0 Å².